The summed E-state index contributed by atoms with van der Waals surface area (Å²) in [4.78, 5) is 32.1. The van der Waals surface area contributed by atoms with E-state index >= 15 is 0 Å². The van der Waals surface area contributed by atoms with Crippen molar-refractivity contribution >= 4 is 34.4 Å². The van der Waals surface area contributed by atoms with Gasteiger partial charge in [-0.25, -0.2) is 0 Å². The molecule has 1 aliphatic rings. The summed E-state index contributed by atoms with van der Waals surface area (Å²) in [6.45, 7) is 6.24. The first kappa shape index (κ1) is 18.5. The summed E-state index contributed by atoms with van der Waals surface area (Å²) in [7, 11) is 0. The first-order valence-electron chi connectivity index (χ1n) is 9.23. The van der Waals surface area contributed by atoms with E-state index in [9.17, 15) is 4.79 Å². The third kappa shape index (κ3) is 3.47. The molecule has 1 saturated heterocycles. The number of rotatable bonds is 4. The molecule has 0 unspecified atom stereocenters. The zero-order chi connectivity index (χ0) is 19.7. The van der Waals surface area contributed by atoms with Gasteiger partial charge >= 0.3 is 6.01 Å². The molecule has 0 saturated carbocycles. The van der Waals surface area contributed by atoms with Crippen LogP contribution < -0.4 is 9.64 Å². The number of anilines is 1. The number of carbonyl (C=O) groups excluding carboxylic acids is 1. The van der Waals surface area contributed by atoms with Crippen molar-refractivity contribution in [2.75, 3.05) is 31.1 Å². The molecular formula is C19H21ClN6O2. The molecule has 0 bridgehead atoms. The van der Waals surface area contributed by atoms with Gasteiger partial charge in [-0.1, -0.05) is 18.5 Å². The first-order valence-corrected chi connectivity index (χ1v) is 9.61. The van der Waals surface area contributed by atoms with E-state index in [0.717, 1.165) is 17.5 Å². The van der Waals surface area contributed by atoms with E-state index in [1.807, 2.05) is 11.8 Å². The molecule has 146 valence electrons. The van der Waals surface area contributed by atoms with Crippen LogP contribution in [0.1, 0.15) is 19.5 Å². The van der Waals surface area contributed by atoms with Crippen molar-refractivity contribution in [2.24, 2.45) is 0 Å². The second-order valence-electron chi connectivity index (χ2n) is 6.61. The van der Waals surface area contributed by atoms with Crippen LogP contribution in [0.3, 0.4) is 0 Å². The molecule has 1 N–H and O–H groups in total. The average molecular weight is 401 g/mol. The molecule has 4 heterocycles. The Labute approximate surface area is 167 Å². The van der Waals surface area contributed by atoms with Gasteiger partial charge in [0.15, 0.2) is 0 Å². The van der Waals surface area contributed by atoms with Crippen molar-refractivity contribution in [1.82, 2.24) is 24.8 Å². The van der Waals surface area contributed by atoms with E-state index in [-0.39, 0.29) is 11.9 Å². The van der Waals surface area contributed by atoms with Gasteiger partial charge in [-0.2, -0.15) is 9.97 Å². The molecule has 3 aromatic rings. The van der Waals surface area contributed by atoms with Crippen molar-refractivity contribution in [3.8, 4) is 11.8 Å². The third-order valence-electron chi connectivity index (χ3n) is 4.84. The lowest BCUT2D eigenvalue weighted by Gasteiger charge is -2.35. The Morgan fingerprint density at radius 2 is 2.07 bits per heavy atom. The van der Waals surface area contributed by atoms with E-state index in [1.165, 1.54) is 0 Å². The monoisotopic (exact) mass is 400 g/mol. The molecule has 1 amide bonds. The number of halogens is 1. The van der Waals surface area contributed by atoms with Crippen LogP contribution in [0.2, 0.25) is 5.02 Å². The van der Waals surface area contributed by atoms with Gasteiger partial charge in [0.2, 0.25) is 5.91 Å². The van der Waals surface area contributed by atoms with E-state index in [2.05, 4.69) is 24.8 Å². The van der Waals surface area contributed by atoms with Crippen molar-refractivity contribution in [3.05, 3.63) is 35.2 Å². The Balaban J connectivity index is 1.74. The largest absolute Gasteiger partial charge is 0.423 e. The van der Waals surface area contributed by atoms with Crippen LogP contribution in [-0.4, -0.2) is 56.9 Å². The highest BCUT2D eigenvalue weighted by atomic mass is 35.5. The lowest BCUT2D eigenvalue weighted by Crippen LogP contribution is -2.48. The number of hydrogen-bond acceptors (Lipinski definition) is 6. The zero-order valence-electron chi connectivity index (χ0n) is 15.8. The number of pyridine rings is 1. The molecule has 0 radical (unpaired) electrons. The molecular weight excluding hydrogens is 380 g/mol. The SMILES string of the molecule is CCc1[nH]c2nc(Oc3cccnc3)nc(N3CCN(C(C)=O)CC3)c2c1Cl. The minimum absolute atomic E-state index is 0.0843. The number of ether oxygens (including phenoxy) is 1. The minimum Gasteiger partial charge on any atom is -0.423 e. The summed E-state index contributed by atoms with van der Waals surface area (Å²) < 4.78 is 5.82. The van der Waals surface area contributed by atoms with Gasteiger partial charge in [-0.3, -0.25) is 9.78 Å². The highest BCUT2D eigenvalue weighted by Gasteiger charge is 2.25. The summed E-state index contributed by atoms with van der Waals surface area (Å²) in [6, 6.07) is 3.81. The fourth-order valence-electron chi connectivity index (χ4n) is 3.33. The number of aromatic amines is 1. The van der Waals surface area contributed by atoms with Crippen LogP contribution in [0.4, 0.5) is 5.82 Å². The molecule has 28 heavy (non-hydrogen) atoms. The number of aryl methyl sites for hydroxylation is 1. The molecule has 1 aliphatic heterocycles. The standard InChI is InChI=1S/C19H21ClN6O2/c1-3-14-16(20)15-17(22-14)23-19(28-13-5-4-6-21-11-13)24-18(15)26-9-7-25(8-10-26)12(2)27/h4-6,11H,3,7-10H2,1-2H3,(H,22,23,24). The maximum Gasteiger partial charge on any atom is 0.326 e. The highest BCUT2D eigenvalue weighted by molar-refractivity contribution is 6.37. The average Bonchev–Trinajstić information content (AvgIpc) is 3.04. The quantitative estimate of drug-likeness (QED) is 0.724. The van der Waals surface area contributed by atoms with Gasteiger partial charge in [0.1, 0.15) is 17.2 Å². The lowest BCUT2D eigenvalue weighted by molar-refractivity contribution is -0.129. The Morgan fingerprint density at radius 3 is 2.71 bits per heavy atom. The predicted octanol–water partition coefficient (Wildman–Crippen LogP) is 3.03. The van der Waals surface area contributed by atoms with Crippen molar-refractivity contribution in [1.29, 1.82) is 0 Å². The Bertz CT molecular complexity index is 999. The minimum atomic E-state index is 0.0843. The fourth-order valence-corrected chi connectivity index (χ4v) is 3.69. The van der Waals surface area contributed by atoms with Gasteiger partial charge in [-0.15, -0.1) is 0 Å². The second-order valence-corrected chi connectivity index (χ2v) is 6.99. The van der Waals surface area contributed by atoms with Gasteiger partial charge in [0, 0.05) is 45.0 Å². The number of fused-ring (bicyclic) bond motifs is 1. The summed E-state index contributed by atoms with van der Waals surface area (Å²) in [5.41, 5.74) is 1.55. The number of piperazine rings is 1. The molecule has 8 nitrogen and oxygen atoms in total. The van der Waals surface area contributed by atoms with Gasteiger partial charge in [0.25, 0.3) is 0 Å². The first-order chi connectivity index (χ1) is 13.6. The molecule has 0 spiro atoms. The summed E-state index contributed by atoms with van der Waals surface area (Å²) in [5.74, 6) is 1.36. The molecule has 3 aromatic heterocycles. The summed E-state index contributed by atoms with van der Waals surface area (Å²) in [6.07, 6.45) is 4.04. The third-order valence-corrected chi connectivity index (χ3v) is 5.26. The van der Waals surface area contributed by atoms with Crippen LogP contribution in [-0.2, 0) is 11.2 Å². The maximum atomic E-state index is 11.6. The van der Waals surface area contributed by atoms with Crippen LogP contribution >= 0.6 is 11.6 Å². The van der Waals surface area contributed by atoms with Crippen molar-refractivity contribution < 1.29 is 9.53 Å². The lowest BCUT2D eigenvalue weighted by atomic mass is 10.2. The second kappa shape index (κ2) is 7.63. The zero-order valence-corrected chi connectivity index (χ0v) is 16.5. The van der Waals surface area contributed by atoms with Crippen LogP contribution in [0, 0.1) is 0 Å². The van der Waals surface area contributed by atoms with Gasteiger partial charge in [-0.05, 0) is 18.6 Å². The number of hydrogen-bond donors (Lipinski definition) is 1. The van der Waals surface area contributed by atoms with E-state index in [0.29, 0.717) is 48.4 Å². The number of carbonyl (C=O) groups is 1. The van der Waals surface area contributed by atoms with E-state index in [1.54, 1.807) is 31.5 Å². The number of aromatic nitrogens is 4. The smallest absolute Gasteiger partial charge is 0.326 e. The molecule has 4 rings (SSSR count). The normalized spacial score (nSPS) is 14.5. The Hall–Kier alpha value is -2.87. The molecule has 0 aliphatic carbocycles. The molecule has 0 atom stereocenters. The number of nitrogens with one attached hydrogen (secondary N) is 1. The van der Waals surface area contributed by atoms with Crippen molar-refractivity contribution in [3.63, 3.8) is 0 Å². The number of nitrogens with zero attached hydrogens (tertiary/aromatic N) is 5. The predicted molar refractivity (Wildman–Crippen MR) is 107 cm³/mol. The summed E-state index contributed by atoms with van der Waals surface area (Å²) >= 11 is 6.62. The number of H-pyrrole nitrogens is 1. The molecule has 9 heteroatoms. The van der Waals surface area contributed by atoms with Crippen LogP contribution in [0.5, 0.6) is 11.8 Å². The Morgan fingerprint density at radius 1 is 1.29 bits per heavy atom. The number of amides is 1. The molecule has 0 aromatic carbocycles. The highest BCUT2D eigenvalue weighted by Crippen LogP contribution is 2.36. The fraction of sp³-hybridized carbons (Fsp3) is 0.368. The van der Waals surface area contributed by atoms with Crippen LogP contribution in [0.25, 0.3) is 11.0 Å². The van der Waals surface area contributed by atoms with E-state index in [4.69, 9.17) is 16.3 Å². The van der Waals surface area contributed by atoms with Gasteiger partial charge in [0.05, 0.1) is 16.6 Å². The van der Waals surface area contributed by atoms with Gasteiger partial charge < -0.3 is 19.5 Å². The van der Waals surface area contributed by atoms with Crippen molar-refractivity contribution in [2.45, 2.75) is 20.3 Å². The summed E-state index contributed by atoms with van der Waals surface area (Å²) in [5, 5.41) is 1.42. The maximum absolute atomic E-state index is 11.6. The van der Waals surface area contributed by atoms with Crippen LogP contribution in [0.15, 0.2) is 24.5 Å². The topological polar surface area (TPSA) is 87.2 Å². The van der Waals surface area contributed by atoms with E-state index < -0.39 is 0 Å². The molecule has 1 fully saturated rings. The Kier molecular flexibility index (Phi) is 5.04.